The second kappa shape index (κ2) is 12.5. The number of aliphatic hydroxyl groups excluding tert-OH is 1. The lowest BCUT2D eigenvalue weighted by atomic mass is 10.2. The maximum atomic E-state index is 12.9. The Balaban J connectivity index is 1.95. The third-order valence-corrected chi connectivity index (χ3v) is 4.00. The molecule has 2 rings (SSSR count). The summed E-state index contributed by atoms with van der Waals surface area (Å²) in [6.07, 6.45) is -0.872. The highest BCUT2D eigenvalue weighted by molar-refractivity contribution is 5.79. The monoisotopic (exact) mass is 441 g/mol. The summed E-state index contributed by atoms with van der Waals surface area (Å²) >= 11 is 0. The van der Waals surface area contributed by atoms with Crippen molar-refractivity contribution in [2.45, 2.75) is 26.2 Å². The zero-order valence-electron chi connectivity index (χ0n) is 17.3. The van der Waals surface area contributed by atoms with E-state index in [1.165, 1.54) is 43.5 Å². The smallest absolute Gasteiger partial charge is 0.387 e. The molecule has 0 fully saturated rings. The van der Waals surface area contributed by atoms with Gasteiger partial charge in [0.2, 0.25) is 0 Å². The van der Waals surface area contributed by atoms with Gasteiger partial charge in [-0.3, -0.25) is 0 Å². The number of aliphatic imine (C=N–C) groups is 1. The molecule has 0 aromatic heterocycles. The number of aliphatic hydroxyl groups is 1. The van der Waals surface area contributed by atoms with Crippen LogP contribution in [0.25, 0.3) is 0 Å². The van der Waals surface area contributed by atoms with Crippen LogP contribution in [0.3, 0.4) is 0 Å². The molecule has 0 aliphatic carbocycles. The van der Waals surface area contributed by atoms with Crippen LogP contribution in [0.2, 0.25) is 0 Å². The Kier molecular flexibility index (Phi) is 9.76. The molecule has 0 saturated heterocycles. The number of benzene rings is 2. The summed E-state index contributed by atoms with van der Waals surface area (Å²) < 4.78 is 53.3. The lowest BCUT2D eigenvalue weighted by Gasteiger charge is -2.16. The van der Waals surface area contributed by atoms with Crippen molar-refractivity contribution in [3.05, 3.63) is 53.8 Å². The lowest BCUT2D eigenvalue weighted by molar-refractivity contribution is -0.0504. The van der Waals surface area contributed by atoms with Crippen LogP contribution in [-0.2, 0) is 6.54 Å². The van der Waals surface area contributed by atoms with Gasteiger partial charge in [-0.15, -0.1) is 0 Å². The first-order valence-electron chi connectivity index (χ1n) is 9.61. The van der Waals surface area contributed by atoms with Crippen LogP contribution in [0.5, 0.6) is 17.2 Å². The minimum absolute atomic E-state index is 0.00290. The number of hydrogen-bond acceptors (Lipinski definition) is 5. The molecule has 0 heterocycles. The summed E-state index contributed by atoms with van der Waals surface area (Å²) in [7, 11) is 1.47. The molecule has 3 N–H and O–H groups in total. The van der Waals surface area contributed by atoms with E-state index in [0.29, 0.717) is 29.6 Å². The van der Waals surface area contributed by atoms with Crippen molar-refractivity contribution in [1.82, 2.24) is 10.6 Å². The number of hydrogen-bond donors (Lipinski definition) is 3. The lowest BCUT2D eigenvalue weighted by Crippen LogP contribution is -2.42. The molecule has 0 spiro atoms. The van der Waals surface area contributed by atoms with Gasteiger partial charge in [0.25, 0.3) is 0 Å². The molecule has 7 nitrogen and oxygen atoms in total. The molecule has 0 saturated carbocycles. The average molecular weight is 441 g/mol. The predicted octanol–water partition coefficient (Wildman–Crippen LogP) is 2.93. The Hall–Kier alpha value is -3.14. The molecule has 0 radical (unpaired) electrons. The third-order valence-electron chi connectivity index (χ3n) is 4.00. The predicted molar refractivity (Wildman–Crippen MR) is 110 cm³/mol. The van der Waals surface area contributed by atoms with E-state index in [2.05, 4.69) is 20.4 Å². The number of alkyl halides is 2. The van der Waals surface area contributed by atoms with Gasteiger partial charge in [0.15, 0.2) is 5.96 Å². The van der Waals surface area contributed by atoms with Crippen molar-refractivity contribution in [1.29, 1.82) is 0 Å². The van der Waals surface area contributed by atoms with E-state index in [1.807, 2.05) is 6.92 Å². The molecule has 0 aliphatic rings. The highest BCUT2D eigenvalue weighted by atomic mass is 19.3. The fourth-order valence-corrected chi connectivity index (χ4v) is 2.52. The summed E-state index contributed by atoms with van der Waals surface area (Å²) in [5.74, 6) is 0.917. The molecule has 2 aromatic rings. The van der Waals surface area contributed by atoms with Gasteiger partial charge < -0.3 is 30.0 Å². The van der Waals surface area contributed by atoms with Crippen LogP contribution in [-0.4, -0.2) is 50.6 Å². The molecule has 31 heavy (non-hydrogen) atoms. The van der Waals surface area contributed by atoms with Gasteiger partial charge in [0, 0.05) is 18.7 Å². The van der Waals surface area contributed by atoms with Crippen LogP contribution >= 0.6 is 0 Å². The number of methoxy groups -OCH3 is 1. The second-order valence-corrected chi connectivity index (χ2v) is 6.35. The Morgan fingerprint density at radius 2 is 1.81 bits per heavy atom. The summed E-state index contributed by atoms with van der Waals surface area (Å²) in [6, 6.07) is 9.94. The summed E-state index contributed by atoms with van der Waals surface area (Å²) in [5, 5.41) is 16.1. The van der Waals surface area contributed by atoms with Gasteiger partial charge in [-0.1, -0.05) is 0 Å². The van der Waals surface area contributed by atoms with Crippen molar-refractivity contribution in [2.24, 2.45) is 4.99 Å². The zero-order chi connectivity index (χ0) is 22.6. The Labute approximate surface area is 178 Å². The second-order valence-electron chi connectivity index (χ2n) is 6.35. The Morgan fingerprint density at radius 1 is 1.10 bits per heavy atom. The first-order valence-corrected chi connectivity index (χ1v) is 9.61. The van der Waals surface area contributed by atoms with E-state index in [9.17, 15) is 18.3 Å². The first-order chi connectivity index (χ1) is 14.9. The van der Waals surface area contributed by atoms with Crippen LogP contribution in [0.4, 0.5) is 13.2 Å². The van der Waals surface area contributed by atoms with Crippen molar-refractivity contribution >= 4 is 5.96 Å². The van der Waals surface area contributed by atoms with Gasteiger partial charge in [0.1, 0.15) is 35.8 Å². The van der Waals surface area contributed by atoms with Crippen molar-refractivity contribution in [3.63, 3.8) is 0 Å². The minimum atomic E-state index is -2.96. The van der Waals surface area contributed by atoms with Gasteiger partial charge in [-0.05, 0) is 49.4 Å². The Bertz CT molecular complexity index is 835. The molecule has 1 unspecified atom stereocenters. The zero-order valence-corrected chi connectivity index (χ0v) is 17.3. The SMILES string of the molecule is CCNC(=NCc1cc(OC)ccc1OC(F)F)NCC(O)COc1ccc(F)cc1. The molecule has 10 heteroatoms. The highest BCUT2D eigenvalue weighted by Gasteiger charge is 2.12. The maximum absolute atomic E-state index is 12.9. The van der Waals surface area contributed by atoms with E-state index < -0.39 is 12.7 Å². The van der Waals surface area contributed by atoms with Gasteiger partial charge in [-0.25, -0.2) is 9.38 Å². The van der Waals surface area contributed by atoms with Crippen molar-refractivity contribution < 1.29 is 32.5 Å². The molecular weight excluding hydrogens is 415 g/mol. The summed E-state index contributed by atoms with van der Waals surface area (Å²) in [6.45, 7) is -0.407. The largest absolute Gasteiger partial charge is 0.497 e. The van der Waals surface area contributed by atoms with E-state index in [1.54, 1.807) is 6.07 Å². The summed E-state index contributed by atoms with van der Waals surface area (Å²) in [5.41, 5.74) is 0.414. The number of halogens is 3. The van der Waals surface area contributed by atoms with E-state index in [-0.39, 0.29) is 31.3 Å². The van der Waals surface area contributed by atoms with Gasteiger partial charge in [0.05, 0.1) is 13.7 Å². The molecule has 1 atom stereocenters. The fraction of sp³-hybridized carbons (Fsp3) is 0.381. The molecule has 0 bridgehead atoms. The van der Waals surface area contributed by atoms with Crippen molar-refractivity contribution in [2.75, 3.05) is 26.8 Å². The number of ether oxygens (including phenoxy) is 3. The van der Waals surface area contributed by atoms with Crippen molar-refractivity contribution in [3.8, 4) is 17.2 Å². The number of nitrogens with zero attached hydrogens (tertiary/aromatic N) is 1. The van der Waals surface area contributed by atoms with Gasteiger partial charge in [-0.2, -0.15) is 8.78 Å². The van der Waals surface area contributed by atoms with Gasteiger partial charge >= 0.3 is 6.61 Å². The molecule has 0 amide bonds. The standard InChI is InChI=1S/C21H26F3N3O4/c1-3-25-21(27-12-16(28)13-30-17-6-4-15(22)5-7-17)26-11-14-10-18(29-2)8-9-19(14)31-20(23)24/h4-10,16,20,28H,3,11-13H2,1-2H3,(H2,25,26,27). The highest BCUT2D eigenvalue weighted by Crippen LogP contribution is 2.26. The first kappa shape index (κ1) is 24.1. The van der Waals surface area contributed by atoms with Crippen LogP contribution in [0.15, 0.2) is 47.5 Å². The normalized spacial score (nSPS) is 12.4. The number of rotatable bonds is 11. The average Bonchev–Trinajstić information content (AvgIpc) is 2.75. The quantitative estimate of drug-likeness (QED) is 0.367. The minimum Gasteiger partial charge on any atom is -0.497 e. The van der Waals surface area contributed by atoms with E-state index in [4.69, 9.17) is 9.47 Å². The molecule has 0 aliphatic heterocycles. The van der Waals surface area contributed by atoms with Crippen LogP contribution < -0.4 is 24.8 Å². The maximum Gasteiger partial charge on any atom is 0.387 e. The number of nitrogens with one attached hydrogen (secondary N) is 2. The fourth-order valence-electron chi connectivity index (χ4n) is 2.52. The molecular formula is C21H26F3N3O4. The third kappa shape index (κ3) is 8.63. The van der Waals surface area contributed by atoms with E-state index >= 15 is 0 Å². The van der Waals surface area contributed by atoms with E-state index in [0.717, 1.165) is 0 Å². The summed E-state index contributed by atoms with van der Waals surface area (Å²) in [4.78, 5) is 4.35. The molecule has 170 valence electrons. The molecule has 2 aromatic carbocycles. The topological polar surface area (TPSA) is 84.3 Å². The van der Waals surface area contributed by atoms with Crippen LogP contribution in [0, 0.1) is 5.82 Å². The van der Waals surface area contributed by atoms with Crippen LogP contribution in [0.1, 0.15) is 12.5 Å². The Morgan fingerprint density at radius 3 is 2.45 bits per heavy atom. The number of guanidine groups is 1.